The quantitative estimate of drug-likeness (QED) is 0.652. The van der Waals surface area contributed by atoms with Gasteiger partial charge in [0, 0.05) is 19.0 Å². The van der Waals surface area contributed by atoms with Crippen molar-refractivity contribution in [2.24, 2.45) is 0 Å². The van der Waals surface area contributed by atoms with Gasteiger partial charge in [-0.15, -0.1) is 11.8 Å². The van der Waals surface area contributed by atoms with E-state index in [1.807, 2.05) is 54.6 Å². The predicted molar refractivity (Wildman–Crippen MR) is 100 cm³/mol. The lowest BCUT2D eigenvalue weighted by Gasteiger charge is -2.12. The number of amides is 1. The first-order chi connectivity index (χ1) is 12.7. The number of rotatable bonds is 8. The molecule has 1 N–H and O–H groups in total. The highest BCUT2D eigenvalue weighted by atomic mass is 32.2. The maximum Gasteiger partial charge on any atom is 0.230 e. The van der Waals surface area contributed by atoms with E-state index >= 15 is 0 Å². The number of carbonyl (C=O) groups is 1. The molecule has 0 bridgehead atoms. The van der Waals surface area contributed by atoms with Gasteiger partial charge in [-0.05, 0) is 18.2 Å². The van der Waals surface area contributed by atoms with E-state index < -0.39 is 0 Å². The van der Waals surface area contributed by atoms with Gasteiger partial charge in [0.25, 0.3) is 0 Å². The molecule has 0 saturated heterocycles. The third kappa shape index (κ3) is 5.35. The minimum absolute atomic E-state index is 0.0512. The Morgan fingerprint density at radius 3 is 2.69 bits per heavy atom. The van der Waals surface area contributed by atoms with Crippen LogP contribution in [-0.2, 0) is 17.1 Å². The Morgan fingerprint density at radius 2 is 1.92 bits per heavy atom. The minimum atomic E-state index is -0.0512. The SMILES string of the molecule is Cc1nc(CSCC(=O)NCc2ccccc2Oc2ccccc2)no1. The first-order valence-corrected chi connectivity index (χ1v) is 9.30. The monoisotopic (exact) mass is 369 g/mol. The minimum Gasteiger partial charge on any atom is -0.457 e. The van der Waals surface area contributed by atoms with E-state index in [1.165, 1.54) is 11.8 Å². The summed E-state index contributed by atoms with van der Waals surface area (Å²) in [6.45, 7) is 2.15. The fourth-order valence-electron chi connectivity index (χ4n) is 2.24. The second kappa shape index (κ2) is 9.05. The lowest BCUT2D eigenvalue weighted by atomic mass is 10.2. The number of para-hydroxylation sites is 2. The summed E-state index contributed by atoms with van der Waals surface area (Å²) < 4.78 is 10.8. The van der Waals surface area contributed by atoms with Crippen LogP contribution in [0.5, 0.6) is 11.5 Å². The zero-order chi connectivity index (χ0) is 18.2. The Balaban J connectivity index is 1.48. The Bertz CT molecular complexity index is 852. The summed E-state index contributed by atoms with van der Waals surface area (Å²) in [5, 5.41) is 6.72. The average Bonchev–Trinajstić information content (AvgIpc) is 3.07. The standard InChI is InChI=1S/C19H19N3O3S/c1-14-21-18(22-25-14)12-26-13-19(23)20-11-15-7-5-6-10-17(15)24-16-8-3-2-4-9-16/h2-10H,11-13H2,1H3,(H,20,23). The fourth-order valence-corrected chi connectivity index (χ4v) is 2.93. The van der Waals surface area contributed by atoms with Crippen LogP contribution in [0.3, 0.4) is 0 Å². The van der Waals surface area contributed by atoms with Crippen LogP contribution in [0.15, 0.2) is 59.1 Å². The van der Waals surface area contributed by atoms with Crippen LogP contribution in [0.1, 0.15) is 17.3 Å². The van der Waals surface area contributed by atoms with Crippen molar-refractivity contribution < 1.29 is 14.1 Å². The molecule has 1 heterocycles. The average molecular weight is 369 g/mol. The van der Waals surface area contributed by atoms with Crippen molar-refractivity contribution in [3.63, 3.8) is 0 Å². The smallest absolute Gasteiger partial charge is 0.230 e. The molecular formula is C19H19N3O3S. The Kier molecular flexibility index (Phi) is 6.27. The summed E-state index contributed by atoms with van der Waals surface area (Å²) in [7, 11) is 0. The molecule has 0 aliphatic heterocycles. The zero-order valence-electron chi connectivity index (χ0n) is 14.3. The number of ether oxygens (including phenoxy) is 1. The molecule has 1 aromatic heterocycles. The van der Waals surface area contributed by atoms with E-state index in [9.17, 15) is 4.79 Å². The van der Waals surface area contributed by atoms with Crippen molar-refractivity contribution in [3.05, 3.63) is 71.9 Å². The molecule has 0 fully saturated rings. The lowest BCUT2D eigenvalue weighted by molar-refractivity contribution is -0.118. The molecule has 134 valence electrons. The van der Waals surface area contributed by atoms with Crippen molar-refractivity contribution >= 4 is 17.7 Å². The Labute approximate surface area is 156 Å². The van der Waals surface area contributed by atoms with Crippen LogP contribution in [0.25, 0.3) is 0 Å². The summed E-state index contributed by atoms with van der Waals surface area (Å²) in [4.78, 5) is 16.2. The van der Waals surface area contributed by atoms with Crippen LogP contribution in [-0.4, -0.2) is 21.8 Å². The van der Waals surface area contributed by atoms with Gasteiger partial charge in [0.15, 0.2) is 5.82 Å². The van der Waals surface area contributed by atoms with Crippen molar-refractivity contribution in [1.82, 2.24) is 15.5 Å². The van der Waals surface area contributed by atoms with Gasteiger partial charge in [0.2, 0.25) is 11.8 Å². The molecule has 0 radical (unpaired) electrons. The van der Waals surface area contributed by atoms with Crippen LogP contribution >= 0.6 is 11.8 Å². The highest BCUT2D eigenvalue weighted by molar-refractivity contribution is 7.99. The highest BCUT2D eigenvalue weighted by Gasteiger charge is 2.08. The molecule has 0 atom stereocenters. The van der Waals surface area contributed by atoms with E-state index in [0.29, 0.717) is 29.8 Å². The molecule has 3 rings (SSSR count). The van der Waals surface area contributed by atoms with Gasteiger partial charge in [-0.2, -0.15) is 4.98 Å². The molecule has 0 saturated carbocycles. The summed E-state index contributed by atoms with van der Waals surface area (Å²) in [5.74, 6) is 3.44. The molecule has 26 heavy (non-hydrogen) atoms. The van der Waals surface area contributed by atoms with Gasteiger partial charge in [0.05, 0.1) is 11.5 Å². The summed E-state index contributed by atoms with van der Waals surface area (Å²) >= 11 is 1.44. The van der Waals surface area contributed by atoms with Crippen LogP contribution in [0.4, 0.5) is 0 Å². The van der Waals surface area contributed by atoms with E-state index in [0.717, 1.165) is 17.1 Å². The van der Waals surface area contributed by atoms with Crippen LogP contribution in [0, 0.1) is 6.92 Å². The van der Waals surface area contributed by atoms with Crippen LogP contribution in [0.2, 0.25) is 0 Å². The number of thioether (sulfide) groups is 1. The maximum atomic E-state index is 12.0. The fraction of sp³-hybridized carbons (Fsp3) is 0.211. The first-order valence-electron chi connectivity index (χ1n) is 8.15. The Morgan fingerprint density at radius 1 is 1.15 bits per heavy atom. The van der Waals surface area contributed by atoms with Gasteiger partial charge < -0.3 is 14.6 Å². The molecule has 7 heteroatoms. The number of hydrogen-bond acceptors (Lipinski definition) is 6. The van der Waals surface area contributed by atoms with E-state index in [1.54, 1.807) is 6.92 Å². The number of hydrogen-bond donors (Lipinski definition) is 1. The first kappa shape index (κ1) is 18.0. The number of benzene rings is 2. The molecule has 0 aliphatic carbocycles. The third-order valence-corrected chi connectivity index (χ3v) is 4.38. The summed E-state index contributed by atoms with van der Waals surface area (Å²) in [6.07, 6.45) is 0. The van der Waals surface area contributed by atoms with Crippen molar-refractivity contribution in [2.45, 2.75) is 19.2 Å². The van der Waals surface area contributed by atoms with E-state index in [2.05, 4.69) is 15.5 Å². The van der Waals surface area contributed by atoms with Gasteiger partial charge in [0.1, 0.15) is 11.5 Å². The molecule has 1 amide bonds. The molecule has 2 aromatic carbocycles. The third-order valence-electron chi connectivity index (χ3n) is 3.45. The lowest BCUT2D eigenvalue weighted by Crippen LogP contribution is -2.24. The number of nitrogens with one attached hydrogen (secondary N) is 1. The Hall–Kier alpha value is -2.80. The van der Waals surface area contributed by atoms with E-state index in [4.69, 9.17) is 9.26 Å². The number of aromatic nitrogens is 2. The summed E-state index contributed by atoms with van der Waals surface area (Å²) in [5.41, 5.74) is 0.920. The molecular weight excluding hydrogens is 350 g/mol. The topological polar surface area (TPSA) is 77.2 Å². The van der Waals surface area contributed by atoms with Gasteiger partial charge in [-0.3, -0.25) is 4.79 Å². The molecule has 0 aliphatic rings. The molecule has 3 aromatic rings. The second-order valence-electron chi connectivity index (χ2n) is 5.52. The van der Waals surface area contributed by atoms with Crippen molar-refractivity contribution in [2.75, 3.05) is 5.75 Å². The van der Waals surface area contributed by atoms with Crippen molar-refractivity contribution in [3.8, 4) is 11.5 Å². The number of nitrogens with zero attached hydrogens (tertiary/aromatic N) is 2. The normalized spacial score (nSPS) is 10.5. The maximum absolute atomic E-state index is 12.0. The summed E-state index contributed by atoms with van der Waals surface area (Å²) in [6, 6.07) is 17.2. The number of carbonyl (C=O) groups excluding carboxylic acids is 1. The highest BCUT2D eigenvalue weighted by Crippen LogP contribution is 2.24. The van der Waals surface area contributed by atoms with Gasteiger partial charge in [-0.25, -0.2) is 0 Å². The predicted octanol–water partition coefficient (Wildman–Crippen LogP) is 3.72. The molecule has 0 spiro atoms. The van der Waals surface area contributed by atoms with Crippen molar-refractivity contribution in [1.29, 1.82) is 0 Å². The van der Waals surface area contributed by atoms with Crippen LogP contribution < -0.4 is 10.1 Å². The molecule has 0 unspecified atom stereocenters. The molecule has 6 nitrogen and oxygen atoms in total. The van der Waals surface area contributed by atoms with Gasteiger partial charge >= 0.3 is 0 Å². The van der Waals surface area contributed by atoms with E-state index in [-0.39, 0.29) is 5.91 Å². The second-order valence-corrected chi connectivity index (χ2v) is 6.51. The largest absolute Gasteiger partial charge is 0.457 e. The van der Waals surface area contributed by atoms with Gasteiger partial charge in [-0.1, -0.05) is 41.6 Å². The zero-order valence-corrected chi connectivity index (χ0v) is 15.2. The number of aryl methyl sites for hydroxylation is 1.